The molecule has 4 rings (SSSR count). The van der Waals surface area contributed by atoms with Crippen molar-refractivity contribution in [3.63, 3.8) is 0 Å². The van der Waals surface area contributed by atoms with Crippen molar-refractivity contribution in [2.24, 2.45) is 11.3 Å². The summed E-state index contributed by atoms with van der Waals surface area (Å²) < 4.78 is 35.4. The third-order valence-electron chi connectivity index (χ3n) is 7.30. The average molecular weight is 538 g/mol. The second-order valence-corrected chi connectivity index (χ2v) is 10.7. The Morgan fingerprint density at radius 2 is 1.70 bits per heavy atom. The van der Waals surface area contributed by atoms with Crippen molar-refractivity contribution >= 4 is 29.1 Å². The number of hydrogen-bond acceptors (Lipinski definition) is 3. The molecule has 1 heterocycles. The number of halogens is 4. The predicted octanol–water partition coefficient (Wildman–Crippen LogP) is 6.59. The molecule has 1 N–H and O–H groups in total. The summed E-state index contributed by atoms with van der Waals surface area (Å²) in [6.45, 7) is 4.44. The van der Waals surface area contributed by atoms with E-state index in [0.29, 0.717) is 16.0 Å². The zero-order valence-electron chi connectivity index (χ0n) is 21.6. The zero-order chi connectivity index (χ0) is 27.2. The lowest BCUT2D eigenvalue weighted by molar-refractivity contribution is -0.137. The molecule has 37 heavy (non-hydrogen) atoms. The average Bonchev–Trinajstić information content (AvgIpc) is 2.83. The van der Waals surface area contributed by atoms with Gasteiger partial charge < -0.3 is 15.1 Å². The fourth-order valence-corrected chi connectivity index (χ4v) is 5.42. The van der Waals surface area contributed by atoms with E-state index < -0.39 is 11.7 Å². The lowest BCUT2D eigenvalue weighted by Crippen LogP contribution is -2.48. The van der Waals surface area contributed by atoms with Crippen LogP contribution in [0.2, 0.25) is 5.02 Å². The molecule has 1 saturated carbocycles. The van der Waals surface area contributed by atoms with E-state index in [9.17, 15) is 22.8 Å². The van der Waals surface area contributed by atoms with Crippen LogP contribution in [0.1, 0.15) is 54.9 Å². The molecule has 2 aromatic carbocycles. The van der Waals surface area contributed by atoms with Gasteiger partial charge in [0.15, 0.2) is 0 Å². The first-order chi connectivity index (χ1) is 17.4. The Kier molecular flexibility index (Phi) is 9.51. The van der Waals surface area contributed by atoms with Gasteiger partial charge in [-0.15, -0.1) is 0 Å². The smallest absolute Gasteiger partial charge is 0.385 e. The minimum atomic E-state index is -4.21. The number of anilines is 1. The van der Waals surface area contributed by atoms with E-state index in [-0.39, 0.29) is 11.8 Å². The lowest BCUT2D eigenvalue weighted by Gasteiger charge is -2.52. The first-order valence-corrected chi connectivity index (χ1v) is 12.9. The maximum atomic E-state index is 12.0. The number of amides is 2. The molecule has 1 aliphatic heterocycles. The third-order valence-corrected chi connectivity index (χ3v) is 7.61. The minimum absolute atomic E-state index is 0.0814. The van der Waals surface area contributed by atoms with Gasteiger partial charge in [0.2, 0.25) is 5.91 Å². The van der Waals surface area contributed by atoms with Crippen molar-refractivity contribution in [3.8, 4) is 0 Å². The molecule has 0 unspecified atom stereocenters. The van der Waals surface area contributed by atoms with Gasteiger partial charge in [-0.1, -0.05) is 41.9 Å². The van der Waals surface area contributed by atoms with Crippen LogP contribution in [0.5, 0.6) is 0 Å². The number of carbonyl (C=O) groups excluding carboxylic acids is 2. The van der Waals surface area contributed by atoms with Crippen LogP contribution >= 0.6 is 11.6 Å². The Morgan fingerprint density at radius 1 is 1.08 bits per heavy atom. The number of nitrogens with one attached hydrogen (secondary N) is 1. The normalized spacial score (nSPS) is 16.9. The van der Waals surface area contributed by atoms with Gasteiger partial charge >= 0.3 is 6.18 Å². The Morgan fingerprint density at radius 3 is 2.19 bits per heavy atom. The highest BCUT2D eigenvalue weighted by Crippen LogP contribution is 2.53. The summed E-state index contributed by atoms with van der Waals surface area (Å²) in [6, 6.07) is 11.9. The van der Waals surface area contributed by atoms with E-state index in [4.69, 9.17) is 11.6 Å². The molecular formula is C28H35ClF3N3O2. The van der Waals surface area contributed by atoms with Crippen LogP contribution in [-0.4, -0.2) is 55.3 Å². The van der Waals surface area contributed by atoms with Crippen molar-refractivity contribution in [1.82, 2.24) is 9.80 Å². The number of hydrogen-bond donors (Lipinski definition) is 1. The number of piperidine rings is 1. The summed E-state index contributed by atoms with van der Waals surface area (Å²) >= 11 is 6.26. The highest BCUT2D eigenvalue weighted by atomic mass is 35.5. The van der Waals surface area contributed by atoms with E-state index in [2.05, 4.69) is 5.32 Å². The number of carbonyl (C=O) groups is 2. The molecule has 2 amide bonds. The SMILES string of the molecule is CC(=O)N1CCC2(CC1)CC(CCNc1ccc(C(=O)N(C)C)c(Cl)c1)C2.FC(F)(F)c1ccccc1. The Labute approximate surface area is 222 Å². The molecular weight excluding hydrogens is 503 g/mol. The van der Waals surface area contributed by atoms with Crippen LogP contribution in [0.25, 0.3) is 0 Å². The predicted molar refractivity (Wildman–Crippen MR) is 141 cm³/mol. The van der Waals surface area contributed by atoms with Crippen LogP contribution in [0.15, 0.2) is 48.5 Å². The first-order valence-electron chi connectivity index (χ1n) is 12.5. The first kappa shape index (κ1) is 28.8. The maximum Gasteiger partial charge on any atom is 0.416 e. The number of alkyl halides is 3. The van der Waals surface area contributed by atoms with Crippen LogP contribution < -0.4 is 5.32 Å². The lowest BCUT2D eigenvalue weighted by atomic mass is 9.57. The second kappa shape index (κ2) is 12.2. The topological polar surface area (TPSA) is 52.7 Å². The standard InChI is InChI=1S/C21H30ClN3O2.C7H5F3/c1-15(26)25-10-7-21(8-11-25)13-16(14-21)6-9-23-17-4-5-18(19(22)12-17)20(27)24(2)3;8-7(9,10)6-4-2-1-3-5-6/h4-5,12,16,23H,6-11,13-14H2,1-3H3;1-5H. The Balaban J connectivity index is 0.000000319. The summed E-state index contributed by atoms with van der Waals surface area (Å²) in [5.74, 6) is 0.899. The fraction of sp³-hybridized carbons (Fsp3) is 0.500. The molecule has 9 heteroatoms. The van der Waals surface area contributed by atoms with Gasteiger partial charge in [0.05, 0.1) is 16.1 Å². The van der Waals surface area contributed by atoms with E-state index in [1.165, 1.54) is 29.9 Å². The van der Waals surface area contributed by atoms with E-state index in [0.717, 1.165) is 62.6 Å². The fourth-order valence-electron chi connectivity index (χ4n) is 5.16. The second-order valence-electron chi connectivity index (χ2n) is 10.3. The molecule has 1 saturated heterocycles. The molecule has 2 aliphatic rings. The number of rotatable bonds is 5. The van der Waals surface area contributed by atoms with E-state index in [1.807, 2.05) is 17.0 Å². The summed E-state index contributed by atoms with van der Waals surface area (Å²) in [5.41, 5.74) is 1.38. The third kappa shape index (κ3) is 7.87. The molecule has 0 atom stereocenters. The number of benzene rings is 2. The summed E-state index contributed by atoms with van der Waals surface area (Å²) in [6.07, 6.45) is 1.84. The largest absolute Gasteiger partial charge is 0.416 e. The van der Waals surface area contributed by atoms with Crippen molar-refractivity contribution < 1.29 is 22.8 Å². The van der Waals surface area contributed by atoms with Crippen LogP contribution in [0.4, 0.5) is 18.9 Å². The highest BCUT2D eigenvalue weighted by molar-refractivity contribution is 6.34. The Hall–Kier alpha value is -2.74. The molecule has 202 valence electrons. The zero-order valence-corrected chi connectivity index (χ0v) is 22.3. The van der Waals surface area contributed by atoms with Crippen LogP contribution in [-0.2, 0) is 11.0 Å². The van der Waals surface area contributed by atoms with Gasteiger partial charge in [0, 0.05) is 46.3 Å². The molecule has 5 nitrogen and oxygen atoms in total. The number of likely N-dealkylation sites (tertiary alicyclic amines) is 1. The molecule has 2 fully saturated rings. The number of nitrogens with zero attached hydrogens (tertiary/aromatic N) is 2. The van der Waals surface area contributed by atoms with Gasteiger partial charge in [-0.05, 0) is 61.6 Å². The maximum absolute atomic E-state index is 12.0. The van der Waals surface area contributed by atoms with Crippen molar-refractivity contribution in [2.75, 3.05) is 39.0 Å². The van der Waals surface area contributed by atoms with Gasteiger partial charge in [0.25, 0.3) is 5.91 Å². The van der Waals surface area contributed by atoms with Crippen molar-refractivity contribution in [3.05, 3.63) is 64.7 Å². The van der Waals surface area contributed by atoms with Gasteiger partial charge in [0.1, 0.15) is 0 Å². The molecule has 0 aromatic heterocycles. The Bertz CT molecular complexity index is 1060. The van der Waals surface area contributed by atoms with Gasteiger partial charge in [-0.25, -0.2) is 0 Å². The molecule has 0 bridgehead atoms. The van der Waals surface area contributed by atoms with Crippen LogP contribution in [0.3, 0.4) is 0 Å². The summed E-state index contributed by atoms with van der Waals surface area (Å²) in [5, 5.41) is 3.92. The van der Waals surface area contributed by atoms with E-state index >= 15 is 0 Å². The van der Waals surface area contributed by atoms with Crippen molar-refractivity contribution in [2.45, 2.75) is 45.2 Å². The quantitative estimate of drug-likeness (QED) is 0.468. The summed E-state index contributed by atoms with van der Waals surface area (Å²) in [7, 11) is 3.44. The molecule has 2 aromatic rings. The molecule has 1 aliphatic carbocycles. The van der Waals surface area contributed by atoms with Crippen molar-refractivity contribution in [1.29, 1.82) is 0 Å². The van der Waals surface area contributed by atoms with Gasteiger partial charge in [-0.3, -0.25) is 9.59 Å². The minimum Gasteiger partial charge on any atom is -0.385 e. The summed E-state index contributed by atoms with van der Waals surface area (Å²) in [4.78, 5) is 27.0. The van der Waals surface area contributed by atoms with Crippen LogP contribution in [0, 0.1) is 11.3 Å². The molecule has 0 radical (unpaired) electrons. The highest BCUT2D eigenvalue weighted by Gasteiger charge is 2.45. The van der Waals surface area contributed by atoms with Gasteiger partial charge in [-0.2, -0.15) is 13.2 Å². The van der Waals surface area contributed by atoms with E-state index in [1.54, 1.807) is 33.2 Å². The molecule has 1 spiro atoms. The monoisotopic (exact) mass is 537 g/mol.